The van der Waals surface area contributed by atoms with Gasteiger partial charge in [-0.3, -0.25) is 4.79 Å². The first kappa shape index (κ1) is 28.2. The molecular weight excluding hydrogens is 555 g/mol. The fourth-order valence-corrected chi connectivity index (χ4v) is 4.94. The molecule has 206 valence electrons. The third kappa shape index (κ3) is 7.26. The van der Waals surface area contributed by atoms with Gasteiger partial charge in [0.05, 0.1) is 17.1 Å². The first-order chi connectivity index (χ1) is 19.9. The normalized spacial score (nSPS) is 11.2. The van der Waals surface area contributed by atoms with Gasteiger partial charge in [-0.2, -0.15) is 0 Å². The number of nitrogens with zero attached hydrogens (tertiary/aromatic N) is 2. The number of benzene rings is 4. The van der Waals surface area contributed by atoms with Crippen LogP contribution >= 0.6 is 23.2 Å². The molecule has 0 aliphatic rings. The minimum Gasteiger partial charge on any atom is -0.489 e. The van der Waals surface area contributed by atoms with Crippen molar-refractivity contribution in [3.8, 4) is 28.1 Å². The van der Waals surface area contributed by atoms with Crippen molar-refractivity contribution in [1.29, 1.82) is 0 Å². The van der Waals surface area contributed by atoms with Crippen LogP contribution in [0, 0.1) is 0 Å². The molecule has 0 aliphatic heterocycles. The lowest BCUT2D eigenvalue weighted by atomic mass is 10.0. The number of carbonyl (C=O) groups is 1. The standard InChI is InChI=1S/C34H28Cl2N2O3/c1-2-38-21-32(30-17-14-28(35)20-31(30)36)37-33(38)18-9-23-7-10-26(11-8-23)27-12-15-29(16-13-27)41-22-25-5-3-24(4-6-25)19-34(39)40/h3-18,20-21H,2,19,22H2,1H3,(H,39,40). The van der Waals surface area contributed by atoms with Crippen LogP contribution in [0.4, 0.5) is 0 Å². The van der Waals surface area contributed by atoms with Crippen LogP contribution in [0.5, 0.6) is 5.75 Å². The van der Waals surface area contributed by atoms with E-state index in [1.54, 1.807) is 6.07 Å². The summed E-state index contributed by atoms with van der Waals surface area (Å²) < 4.78 is 8.00. The molecule has 41 heavy (non-hydrogen) atoms. The van der Waals surface area contributed by atoms with Gasteiger partial charge in [0.1, 0.15) is 18.2 Å². The zero-order valence-corrected chi connectivity index (χ0v) is 23.9. The Bertz CT molecular complexity index is 1670. The first-order valence-corrected chi connectivity index (χ1v) is 14.0. The molecule has 1 aromatic heterocycles. The highest BCUT2D eigenvalue weighted by Gasteiger charge is 2.11. The van der Waals surface area contributed by atoms with Crippen molar-refractivity contribution in [3.05, 3.63) is 130 Å². The molecule has 0 saturated carbocycles. The van der Waals surface area contributed by atoms with E-state index in [-0.39, 0.29) is 6.42 Å². The molecule has 0 aliphatic carbocycles. The van der Waals surface area contributed by atoms with E-state index in [1.165, 1.54) is 0 Å². The Morgan fingerprint density at radius 3 is 2.17 bits per heavy atom. The fourth-order valence-electron chi connectivity index (χ4n) is 4.44. The molecule has 4 aromatic carbocycles. The predicted molar refractivity (Wildman–Crippen MR) is 166 cm³/mol. The molecule has 0 spiro atoms. The van der Waals surface area contributed by atoms with E-state index in [1.807, 2.05) is 72.9 Å². The third-order valence-corrected chi connectivity index (χ3v) is 7.21. The quantitative estimate of drug-likeness (QED) is 0.178. The molecule has 5 nitrogen and oxygen atoms in total. The number of hydrogen-bond acceptors (Lipinski definition) is 3. The van der Waals surface area contributed by atoms with Gasteiger partial charge in [0.2, 0.25) is 0 Å². The molecule has 0 unspecified atom stereocenters. The molecule has 0 bridgehead atoms. The minimum absolute atomic E-state index is 0.0196. The summed E-state index contributed by atoms with van der Waals surface area (Å²) in [5.41, 5.74) is 6.69. The molecule has 0 amide bonds. The second kappa shape index (κ2) is 12.9. The highest BCUT2D eigenvalue weighted by atomic mass is 35.5. The van der Waals surface area contributed by atoms with Gasteiger partial charge in [-0.15, -0.1) is 0 Å². The first-order valence-electron chi connectivity index (χ1n) is 13.2. The molecule has 0 atom stereocenters. The van der Waals surface area contributed by atoms with Crippen LogP contribution < -0.4 is 4.74 Å². The Balaban J connectivity index is 1.21. The second-order valence-corrected chi connectivity index (χ2v) is 10.4. The number of aliphatic carboxylic acids is 1. The van der Waals surface area contributed by atoms with Gasteiger partial charge in [-0.05, 0) is 71.1 Å². The zero-order chi connectivity index (χ0) is 28.8. The van der Waals surface area contributed by atoms with Gasteiger partial charge in [-0.25, -0.2) is 4.98 Å². The molecular formula is C34H28Cl2N2O3. The Morgan fingerprint density at radius 2 is 1.54 bits per heavy atom. The summed E-state index contributed by atoms with van der Waals surface area (Å²) in [6.07, 6.45) is 6.09. The minimum atomic E-state index is -0.838. The highest BCUT2D eigenvalue weighted by molar-refractivity contribution is 6.36. The van der Waals surface area contributed by atoms with E-state index in [0.717, 1.165) is 57.2 Å². The smallest absolute Gasteiger partial charge is 0.307 e. The van der Waals surface area contributed by atoms with Gasteiger partial charge < -0.3 is 14.4 Å². The van der Waals surface area contributed by atoms with Crippen molar-refractivity contribution in [2.75, 3.05) is 0 Å². The Kier molecular flexibility index (Phi) is 8.88. The Hall–Kier alpha value is -4.32. The van der Waals surface area contributed by atoms with Crippen LogP contribution in [0.3, 0.4) is 0 Å². The third-order valence-electron chi connectivity index (χ3n) is 6.66. The number of hydrogen-bond donors (Lipinski definition) is 1. The van der Waals surface area contributed by atoms with Crippen LogP contribution in [0.1, 0.15) is 29.4 Å². The van der Waals surface area contributed by atoms with Gasteiger partial charge >= 0.3 is 5.97 Å². The summed E-state index contributed by atoms with van der Waals surface area (Å²) in [5, 5.41) is 10.1. The maximum Gasteiger partial charge on any atom is 0.307 e. The predicted octanol–water partition coefficient (Wildman–Crippen LogP) is 8.92. The highest BCUT2D eigenvalue weighted by Crippen LogP contribution is 2.30. The van der Waals surface area contributed by atoms with Crippen molar-refractivity contribution in [2.24, 2.45) is 0 Å². The fraction of sp³-hybridized carbons (Fsp3) is 0.118. The van der Waals surface area contributed by atoms with Gasteiger partial charge in [-0.1, -0.05) is 89.9 Å². The number of imidazole rings is 1. The van der Waals surface area contributed by atoms with Crippen molar-refractivity contribution < 1.29 is 14.6 Å². The molecule has 7 heteroatoms. The summed E-state index contributed by atoms with van der Waals surface area (Å²) in [7, 11) is 0. The van der Waals surface area contributed by atoms with Gasteiger partial charge in [0.25, 0.3) is 0 Å². The monoisotopic (exact) mass is 582 g/mol. The van der Waals surface area contributed by atoms with Crippen LogP contribution in [-0.4, -0.2) is 20.6 Å². The van der Waals surface area contributed by atoms with Gasteiger partial charge in [0.15, 0.2) is 0 Å². The van der Waals surface area contributed by atoms with Crippen molar-refractivity contribution in [2.45, 2.75) is 26.5 Å². The number of ether oxygens (including phenoxy) is 1. The lowest BCUT2D eigenvalue weighted by molar-refractivity contribution is -0.136. The van der Waals surface area contributed by atoms with E-state index in [0.29, 0.717) is 16.7 Å². The molecule has 5 rings (SSSR count). The number of rotatable bonds is 10. The van der Waals surface area contributed by atoms with E-state index in [4.69, 9.17) is 38.0 Å². The largest absolute Gasteiger partial charge is 0.489 e. The molecule has 5 aromatic rings. The van der Waals surface area contributed by atoms with E-state index in [9.17, 15) is 4.79 Å². The average Bonchev–Trinajstić information content (AvgIpc) is 3.39. The number of aryl methyl sites for hydroxylation is 1. The van der Waals surface area contributed by atoms with E-state index < -0.39 is 5.97 Å². The lowest BCUT2D eigenvalue weighted by Crippen LogP contribution is -2.00. The van der Waals surface area contributed by atoms with Crippen LogP contribution in [0.15, 0.2) is 97.2 Å². The lowest BCUT2D eigenvalue weighted by Gasteiger charge is -2.08. The number of halogens is 2. The van der Waals surface area contributed by atoms with Crippen molar-refractivity contribution in [3.63, 3.8) is 0 Å². The Morgan fingerprint density at radius 1 is 0.878 bits per heavy atom. The zero-order valence-electron chi connectivity index (χ0n) is 22.4. The van der Waals surface area contributed by atoms with Gasteiger partial charge in [0, 0.05) is 23.3 Å². The molecule has 0 fully saturated rings. The van der Waals surface area contributed by atoms with Crippen molar-refractivity contribution >= 4 is 41.3 Å². The summed E-state index contributed by atoms with van der Waals surface area (Å²) in [6, 6.07) is 29.2. The van der Waals surface area contributed by atoms with E-state index in [2.05, 4.69) is 41.8 Å². The van der Waals surface area contributed by atoms with Crippen LogP contribution in [0.2, 0.25) is 10.0 Å². The molecule has 0 radical (unpaired) electrons. The van der Waals surface area contributed by atoms with Crippen LogP contribution in [0.25, 0.3) is 34.5 Å². The maximum atomic E-state index is 10.8. The number of aromatic nitrogens is 2. The maximum absolute atomic E-state index is 10.8. The molecule has 0 saturated heterocycles. The summed E-state index contributed by atoms with van der Waals surface area (Å²) in [6.45, 7) is 3.28. The Labute approximate surface area is 249 Å². The number of carboxylic acids is 1. The summed E-state index contributed by atoms with van der Waals surface area (Å²) in [5.74, 6) is 0.786. The molecule has 1 heterocycles. The summed E-state index contributed by atoms with van der Waals surface area (Å²) in [4.78, 5) is 15.6. The average molecular weight is 584 g/mol. The molecule has 1 N–H and O–H groups in total. The summed E-state index contributed by atoms with van der Waals surface area (Å²) >= 11 is 12.5. The second-order valence-electron chi connectivity index (χ2n) is 9.55. The number of carboxylic acid groups (broad SMARTS) is 1. The van der Waals surface area contributed by atoms with E-state index >= 15 is 0 Å². The topological polar surface area (TPSA) is 64.4 Å². The van der Waals surface area contributed by atoms with Crippen molar-refractivity contribution in [1.82, 2.24) is 9.55 Å². The SMILES string of the molecule is CCn1cc(-c2ccc(Cl)cc2Cl)nc1C=Cc1ccc(-c2ccc(OCc3ccc(CC(=O)O)cc3)cc2)cc1. The van der Waals surface area contributed by atoms with Crippen LogP contribution in [-0.2, 0) is 24.4 Å².